The fraction of sp³-hybridized carbons (Fsp3) is 0.522. The van der Waals surface area contributed by atoms with Crippen molar-refractivity contribution in [2.24, 2.45) is 0 Å². The van der Waals surface area contributed by atoms with E-state index in [0.717, 1.165) is 32.6 Å². The van der Waals surface area contributed by atoms with Crippen molar-refractivity contribution in [3.8, 4) is 0 Å². The number of carbonyl (C=O) groups excluding carboxylic acids is 4. The molecule has 15 heteroatoms. The quantitative estimate of drug-likeness (QED) is 0.170. The Morgan fingerprint density at radius 2 is 1.45 bits per heavy atom. The van der Waals surface area contributed by atoms with E-state index in [1.54, 1.807) is 18.2 Å². The third-order valence-corrected chi connectivity index (χ3v) is 6.80. The number of likely N-dealkylation sites (N-methyl/N-ethyl adjacent to an activating group) is 1. The molecule has 14 nitrogen and oxygen atoms in total. The van der Waals surface area contributed by atoms with Crippen molar-refractivity contribution >= 4 is 41.5 Å². The zero-order chi connectivity index (χ0) is 29.1. The van der Waals surface area contributed by atoms with Gasteiger partial charge in [-0.1, -0.05) is 18.2 Å². The third kappa shape index (κ3) is 5.91. The van der Waals surface area contributed by atoms with Crippen LogP contribution in [0.15, 0.2) is 30.3 Å². The Morgan fingerprint density at radius 1 is 0.947 bits per heavy atom. The maximum atomic E-state index is 12.8. The maximum Gasteiger partial charge on any atom is 0.350 e. The number of esters is 3. The highest BCUT2D eigenvalue weighted by Crippen LogP contribution is 2.50. The molecule has 0 aromatic heterocycles. The van der Waals surface area contributed by atoms with Crippen molar-refractivity contribution < 1.29 is 63.3 Å². The topological polar surface area (TPSA) is 206 Å². The molecule has 0 spiro atoms. The van der Waals surface area contributed by atoms with Gasteiger partial charge in [-0.3, -0.25) is 19.2 Å². The van der Waals surface area contributed by atoms with Gasteiger partial charge in [-0.2, -0.15) is 0 Å². The van der Waals surface area contributed by atoms with Crippen molar-refractivity contribution in [2.45, 2.75) is 62.6 Å². The second kappa shape index (κ2) is 11.7. The van der Waals surface area contributed by atoms with Gasteiger partial charge in [-0.15, -0.1) is 11.8 Å². The molecule has 0 radical (unpaired) electrons. The number of benzene rings is 1. The van der Waals surface area contributed by atoms with Crippen LogP contribution >= 0.6 is 11.8 Å². The van der Waals surface area contributed by atoms with Crippen molar-refractivity contribution in [3.63, 3.8) is 0 Å². The van der Waals surface area contributed by atoms with Gasteiger partial charge in [0.15, 0.2) is 5.44 Å². The van der Waals surface area contributed by atoms with Gasteiger partial charge in [0, 0.05) is 39.1 Å². The van der Waals surface area contributed by atoms with Crippen LogP contribution in [0, 0.1) is 0 Å². The average molecular weight is 560 g/mol. The lowest BCUT2D eigenvalue weighted by Crippen LogP contribution is -2.82. The van der Waals surface area contributed by atoms with Crippen LogP contribution in [0.2, 0.25) is 0 Å². The summed E-state index contributed by atoms with van der Waals surface area (Å²) in [4.78, 5) is 61.3. The summed E-state index contributed by atoms with van der Waals surface area (Å²) in [7, 11) is 1.23. The number of carboxylic acids is 1. The number of hydrogen-bond donors (Lipinski definition) is 4. The number of ether oxygens (including phenoxy) is 4. The zero-order valence-corrected chi connectivity index (χ0v) is 22.0. The molecule has 0 bridgehead atoms. The van der Waals surface area contributed by atoms with E-state index in [-0.39, 0.29) is 5.56 Å². The number of rotatable bonds is 9. The molecule has 1 heterocycles. The lowest BCUT2D eigenvalue weighted by molar-refractivity contribution is -0.498. The van der Waals surface area contributed by atoms with Crippen molar-refractivity contribution in [2.75, 3.05) is 12.8 Å². The van der Waals surface area contributed by atoms with Crippen molar-refractivity contribution in [3.05, 3.63) is 35.9 Å². The summed E-state index contributed by atoms with van der Waals surface area (Å²) < 4.78 is 20.0. The maximum absolute atomic E-state index is 12.8. The lowest BCUT2D eigenvalue weighted by Gasteiger charge is -2.55. The Balaban J connectivity index is 2.49. The minimum atomic E-state index is -3.65. The molecule has 1 aliphatic rings. The van der Waals surface area contributed by atoms with Crippen molar-refractivity contribution in [1.29, 1.82) is 0 Å². The first-order valence-electron chi connectivity index (χ1n) is 11.1. The largest absolute Gasteiger partial charge is 0.480 e. The van der Waals surface area contributed by atoms with Gasteiger partial charge in [0.1, 0.15) is 12.1 Å². The van der Waals surface area contributed by atoms with E-state index in [1.807, 2.05) is 0 Å². The van der Waals surface area contributed by atoms with E-state index in [4.69, 9.17) is 18.9 Å². The van der Waals surface area contributed by atoms with Gasteiger partial charge in [0.25, 0.3) is 5.91 Å². The summed E-state index contributed by atoms with van der Waals surface area (Å²) in [5, 5.41) is 43.7. The summed E-state index contributed by atoms with van der Waals surface area (Å²) in [5.74, 6) is -16.7. The molecule has 1 saturated heterocycles. The van der Waals surface area contributed by atoms with E-state index in [2.05, 4.69) is 0 Å². The molecule has 1 aromatic rings. The first-order valence-corrected chi connectivity index (χ1v) is 12.1. The smallest absolute Gasteiger partial charge is 0.350 e. The summed E-state index contributed by atoms with van der Waals surface area (Å²) >= 11 is 0.449. The van der Waals surface area contributed by atoms with Crippen LogP contribution in [0.5, 0.6) is 0 Å². The first-order chi connectivity index (χ1) is 17.5. The Morgan fingerprint density at radius 3 is 1.92 bits per heavy atom. The Hall–Kier alpha value is -3.24. The fourth-order valence-electron chi connectivity index (χ4n) is 3.73. The monoisotopic (exact) mass is 559 g/mol. The molecule has 1 aromatic carbocycles. The number of aliphatic carboxylic acids is 1. The van der Waals surface area contributed by atoms with Gasteiger partial charge in [0.05, 0.1) is 0 Å². The van der Waals surface area contributed by atoms with Crippen LogP contribution in [0.1, 0.15) is 38.1 Å². The molecule has 0 aliphatic carbocycles. The Kier molecular flexibility index (Phi) is 9.50. The molecule has 1 amide bonds. The minimum Gasteiger partial charge on any atom is -0.480 e. The molecule has 4 N–H and O–H groups in total. The fourth-order valence-corrected chi connectivity index (χ4v) is 5.13. The predicted octanol–water partition coefficient (Wildman–Crippen LogP) is -0.555. The van der Waals surface area contributed by atoms with Gasteiger partial charge in [0.2, 0.25) is 0 Å². The average Bonchev–Trinajstić information content (AvgIpc) is 2.80. The van der Waals surface area contributed by atoms with Gasteiger partial charge in [-0.05, 0) is 19.1 Å². The van der Waals surface area contributed by atoms with E-state index in [0.29, 0.717) is 11.8 Å². The molecule has 2 rings (SSSR count). The number of nitrogens with zero attached hydrogens (tertiary/aromatic N) is 1. The van der Waals surface area contributed by atoms with Crippen LogP contribution in [0.4, 0.5) is 0 Å². The highest BCUT2D eigenvalue weighted by Gasteiger charge is 2.79. The van der Waals surface area contributed by atoms with E-state index >= 15 is 0 Å². The van der Waals surface area contributed by atoms with Crippen molar-refractivity contribution in [1.82, 2.24) is 4.90 Å². The molecule has 0 unspecified atom stereocenters. The molecular formula is C23H29NO13S. The van der Waals surface area contributed by atoms with Crippen LogP contribution in [-0.2, 0) is 38.1 Å². The summed E-state index contributed by atoms with van der Waals surface area (Å²) in [6.45, 7) is 3.51. The number of carboxylic acid groups (broad SMARTS) is 1. The number of hydrogen-bond acceptors (Lipinski definition) is 13. The van der Waals surface area contributed by atoms with E-state index in [1.165, 1.54) is 19.2 Å². The highest BCUT2D eigenvalue weighted by atomic mass is 32.2. The second-order valence-corrected chi connectivity index (χ2v) is 9.49. The molecule has 6 atom stereocenters. The number of aliphatic hydroxyl groups is 3. The van der Waals surface area contributed by atoms with Crippen LogP contribution in [0.25, 0.3) is 0 Å². The standard InChI is InChI=1S/C23H29NO13S/c1-12-21(31,35-13(2)25)23(33,37-15(4)27)22(32,36-14(3)26)20(34-12)38-11-17(19(29)30)24(5)18(28)16-9-7-6-8-10-16/h6-10,12,17,20,31-33H,11H2,1-5H3,(H,29,30)/t12-,17-,20-,21-,22-,23-/m0/s1. The normalized spacial score (nSPS) is 29.5. The Labute approximate surface area is 221 Å². The highest BCUT2D eigenvalue weighted by molar-refractivity contribution is 7.99. The summed E-state index contributed by atoms with van der Waals surface area (Å²) in [6.07, 6.45) is -1.74. The summed E-state index contributed by atoms with van der Waals surface area (Å²) in [6, 6.07) is 6.26. The predicted molar refractivity (Wildman–Crippen MR) is 127 cm³/mol. The van der Waals surface area contributed by atoms with E-state index in [9.17, 15) is 44.4 Å². The Bertz CT molecular complexity index is 1080. The molecule has 0 saturated carbocycles. The number of thioether (sulfide) groups is 1. The third-order valence-electron chi connectivity index (χ3n) is 5.56. The molecule has 1 aliphatic heterocycles. The summed E-state index contributed by atoms with van der Waals surface area (Å²) in [5.41, 5.74) is -1.75. The first kappa shape index (κ1) is 31.0. The number of amides is 1. The van der Waals surface area contributed by atoms with Gasteiger partial charge >= 0.3 is 41.2 Å². The van der Waals surface area contributed by atoms with Crippen LogP contribution < -0.4 is 0 Å². The second-order valence-electron chi connectivity index (χ2n) is 8.40. The van der Waals surface area contributed by atoms with Crippen LogP contribution in [0.3, 0.4) is 0 Å². The zero-order valence-electron chi connectivity index (χ0n) is 21.1. The molecule has 210 valence electrons. The van der Waals surface area contributed by atoms with Gasteiger partial charge < -0.3 is 44.3 Å². The molecule has 1 fully saturated rings. The van der Waals surface area contributed by atoms with E-state index < -0.39 is 70.5 Å². The molecule has 38 heavy (non-hydrogen) atoms. The SMILES string of the molecule is CC(=O)O[C@@]1(O)[C@@](O)(OC(C)=O)[C@H](C)O[C@@H](SC[C@@H](C(=O)O)N(C)C(=O)c2ccccc2)[C@]1(O)OC(C)=O. The number of carbonyl (C=O) groups is 5. The lowest BCUT2D eigenvalue weighted by atomic mass is 9.88. The van der Waals surface area contributed by atoms with Gasteiger partial charge in [-0.25, -0.2) is 4.79 Å². The molecular weight excluding hydrogens is 530 g/mol. The minimum absolute atomic E-state index is 0.195. The van der Waals surface area contributed by atoms with Crippen LogP contribution in [-0.4, -0.2) is 103 Å².